The number of nitrogens with two attached hydrogens (primary N) is 1. The molecule has 0 saturated carbocycles. The quantitative estimate of drug-likeness (QED) is 0.781. The summed E-state index contributed by atoms with van der Waals surface area (Å²) in [6.07, 6.45) is 0. The van der Waals surface area contributed by atoms with E-state index < -0.39 is 15.9 Å². The van der Waals surface area contributed by atoms with Crippen molar-refractivity contribution in [3.63, 3.8) is 0 Å². The fraction of sp³-hybridized carbons (Fsp3) is 0. The minimum Gasteiger partial charge on any atom is -0.321 e. The second-order valence-corrected chi connectivity index (χ2v) is 7.42. The van der Waals surface area contributed by atoms with Gasteiger partial charge < -0.3 is 5.32 Å². The van der Waals surface area contributed by atoms with Gasteiger partial charge in [-0.15, -0.1) is 0 Å². The summed E-state index contributed by atoms with van der Waals surface area (Å²) in [4.78, 5) is 12.0. The highest BCUT2D eigenvalue weighted by Crippen LogP contribution is 2.22. The molecule has 0 aromatic heterocycles. The molecule has 109 valence electrons. The van der Waals surface area contributed by atoms with Gasteiger partial charge in [-0.1, -0.05) is 37.9 Å². The van der Waals surface area contributed by atoms with Crippen molar-refractivity contribution in [2.45, 2.75) is 4.90 Å². The summed E-state index contributed by atoms with van der Waals surface area (Å²) in [5, 5.41) is 7.71. The minimum atomic E-state index is -4.01. The van der Waals surface area contributed by atoms with Crippen LogP contribution in [0.3, 0.4) is 0 Å². The van der Waals surface area contributed by atoms with Crippen molar-refractivity contribution in [2.24, 2.45) is 5.14 Å². The average Bonchev–Trinajstić information content (AvgIpc) is 2.37. The summed E-state index contributed by atoms with van der Waals surface area (Å²) in [5.74, 6) is -0.583. The molecule has 2 rings (SSSR count). The zero-order valence-corrected chi connectivity index (χ0v) is 14.4. The van der Waals surface area contributed by atoms with Crippen LogP contribution in [-0.2, 0) is 10.0 Å². The zero-order chi connectivity index (χ0) is 15.6. The molecular weight excluding hydrogens is 424 g/mol. The van der Waals surface area contributed by atoms with Crippen LogP contribution in [0.5, 0.6) is 0 Å². The van der Waals surface area contributed by atoms with Crippen molar-refractivity contribution in [2.75, 3.05) is 5.32 Å². The highest BCUT2D eigenvalue weighted by atomic mass is 79.9. The number of carbonyl (C=O) groups is 1. The largest absolute Gasteiger partial charge is 0.321 e. The fourth-order valence-electron chi connectivity index (χ4n) is 1.62. The molecule has 0 bridgehead atoms. The van der Waals surface area contributed by atoms with Crippen LogP contribution >= 0.6 is 31.9 Å². The molecule has 0 fully saturated rings. The second-order valence-electron chi connectivity index (χ2n) is 4.06. The number of amides is 1. The van der Waals surface area contributed by atoms with Crippen molar-refractivity contribution in [3.8, 4) is 0 Å². The first-order valence-electron chi connectivity index (χ1n) is 5.58. The second kappa shape index (κ2) is 6.27. The van der Waals surface area contributed by atoms with Crippen LogP contribution < -0.4 is 10.5 Å². The third-order valence-corrected chi connectivity index (χ3v) is 4.44. The molecule has 0 aliphatic rings. The molecule has 0 atom stereocenters. The predicted molar refractivity (Wildman–Crippen MR) is 86.4 cm³/mol. The Morgan fingerprint density at radius 2 is 1.81 bits per heavy atom. The molecule has 3 N–H and O–H groups in total. The van der Waals surface area contributed by atoms with Gasteiger partial charge in [-0.05, 0) is 30.3 Å². The van der Waals surface area contributed by atoms with E-state index in [1.807, 2.05) is 0 Å². The van der Waals surface area contributed by atoms with Crippen molar-refractivity contribution in [1.29, 1.82) is 0 Å². The lowest BCUT2D eigenvalue weighted by Crippen LogP contribution is -2.20. The van der Waals surface area contributed by atoms with Gasteiger partial charge in [0.1, 0.15) is 0 Å². The standard InChI is InChI=1S/C13H9Br2N2O3S/c14-8-2-1-3-10(6-8)17-13(18)11-5-4-9(15)7-12(11)21(16,19)20/h1-2,4-7H,(H,17,18)(H2,16,19,20). The molecular formula is C13H9Br2N2O3S. The van der Waals surface area contributed by atoms with Gasteiger partial charge in [0.25, 0.3) is 5.91 Å². The normalized spacial score (nSPS) is 11.2. The Labute approximate surface area is 138 Å². The van der Waals surface area contributed by atoms with Gasteiger partial charge in [-0.2, -0.15) is 0 Å². The Balaban J connectivity index is 2.40. The molecule has 0 unspecified atom stereocenters. The minimum absolute atomic E-state index is 0.0333. The van der Waals surface area contributed by atoms with E-state index in [1.54, 1.807) is 24.3 Å². The Morgan fingerprint density at radius 1 is 1.14 bits per heavy atom. The zero-order valence-electron chi connectivity index (χ0n) is 10.4. The number of hydrogen-bond acceptors (Lipinski definition) is 3. The molecule has 1 amide bonds. The van der Waals surface area contributed by atoms with E-state index in [0.29, 0.717) is 10.2 Å². The number of benzene rings is 2. The van der Waals surface area contributed by atoms with Gasteiger partial charge in [-0.25, -0.2) is 13.6 Å². The van der Waals surface area contributed by atoms with E-state index >= 15 is 0 Å². The van der Waals surface area contributed by atoms with Crippen LogP contribution in [0.2, 0.25) is 0 Å². The van der Waals surface area contributed by atoms with Crippen molar-refractivity contribution in [3.05, 3.63) is 57.0 Å². The molecule has 8 heteroatoms. The number of anilines is 1. The van der Waals surface area contributed by atoms with Gasteiger partial charge in [0.05, 0.1) is 16.1 Å². The summed E-state index contributed by atoms with van der Waals surface area (Å²) in [6, 6.07) is 12.1. The van der Waals surface area contributed by atoms with Crippen LogP contribution in [0.15, 0.2) is 50.2 Å². The Kier molecular flexibility index (Phi) is 4.82. The van der Waals surface area contributed by atoms with Crippen LogP contribution in [0, 0.1) is 6.07 Å². The molecule has 0 spiro atoms. The van der Waals surface area contributed by atoms with E-state index in [2.05, 4.69) is 43.2 Å². The van der Waals surface area contributed by atoms with Crippen molar-refractivity contribution in [1.82, 2.24) is 0 Å². The molecule has 2 aromatic rings. The first kappa shape index (κ1) is 16.2. The third-order valence-electron chi connectivity index (χ3n) is 2.51. The van der Waals surface area contributed by atoms with Gasteiger partial charge in [0, 0.05) is 15.0 Å². The highest BCUT2D eigenvalue weighted by Gasteiger charge is 2.20. The number of rotatable bonds is 3. The molecule has 0 heterocycles. The monoisotopic (exact) mass is 431 g/mol. The molecule has 0 aliphatic carbocycles. The van der Waals surface area contributed by atoms with E-state index in [4.69, 9.17) is 5.14 Å². The summed E-state index contributed by atoms with van der Waals surface area (Å²) in [7, 11) is -4.01. The van der Waals surface area contributed by atoms with E-state index in [-0.39, 0.29) is 10.5 Å². The Hall–Kier alpha value is -1.22. The van der Waals surface area contributed by atoms with Gasteiger partial charge in [0.2, 0.25) is 10.0 Å². The number of halogens is 2. The summed E-state index contributed by atoms with van der Waals surface area (Å²) in [5.41, 5.74) is 0.381. The predicted octanol–water partition coefficient (Wildman–Crippen LogP) is 2.91. The maximum absolute atomic E-state index is 12.2. The SMILES string of the molecule is NS(=O)(=O)c1cc(Br)ccc1C(=O)Nc1[c]ccc(Br)c1. The van der Waals surface area contributed by atoms with Crippen LogP contribution in [0.4, 0.5) is 5.69 Å². The fourth-order valence-corrected chi connectivity index (χ4v) is 3.25. The van der Waals surface area contributed by atoms with Crippen LogP contribution in [0.25, 0.3) is 0 Å². The molecule has 5 nitrogen and oxygen atoms in total. The Bertz CT molecular complexity index is 807. The molecule has 0 saturated heterocycles. The van der Waals surface area contributed by atoms with Gasteiger partial charge >= 0.3 is 0 Å². The lowest BCUT2D eigenvalue weighted by molar-refractivity contribution is 0.102. The number of sulfonamides is 1. The van der Waals surface area contributed by atoms with Crippen LogP contribution in [-0.4, -0.2) is 14.3 Å². The van der Waals surface area contributed by atoms with Gasteiger partial charge in [0.15, 0.2) is 0 Å². The molecule has 0 aliphatic heterocycles. The smallest absolute Gasteiger partial charge is 0.257 e. The lowest BCUT2D eigenvalue weighted by atomic mass is 10.2. The van der Waals surface area contributed by atoms with Crippen molar-refractivity contribution >= 4 is 53.5 Å². The van der Waals surface area contributed by atoms with E-state index in [9.17, 15) is 13.2 Å². The summed E-state index contributed by atoms with van der Waals surface area (Å²) >= 11 is 6.42. The lowest BCUT2D eigenvalue weighted by Gasteiger charge is -2.09. The van der Waals surface area contributed by atoms with E-state index in [1.165, 1.54) is 12.1 Å². The topological polar surface area (TPSA) is 89.3 Å². The van der Waals surface area contributed by atoms with Gasteiger partial charge in [-0.3, -0.25) is 4.79 Å². The molecule has 1 radical (unpaired) electrons. The van der Waals surface area contributed by atoms with E-state index in [0.717, 1.165) is 4.47 Å². The summed E-state index contributed by atoms with van der Waals surface area (Å²) in [6.45, 7) is 0. The Morgan fingerprint density at radius 3 is 2.43 bits per heavy atom. The van der Waals surface area contributed by atoms with Crippen LogP contribution in [0.1, 0.15) is 10.4 Å². The summed E-state index contributed by atoms with van der Waals surface area (Å²) < 4.78 is 24.4. The number of nitrogens with one attached hydrogen (secondary N) is 1. The number of hydrogen-bond donors (Lipinski definition) is 2. The maximum atomic E-state index is 12.2. The third kappa shape index (κ3) is 4.13. The average molecular weight is 433 g/mol. The number of primary sulfonamides is 1. The number of carbonyl (C=O) groups excluding carboxylic acids is 1. The molecule has 2 aromatic carbocycles. The first-order valence-corrected chi connectivity index (χ1v) is 8.71. The molecule has 21 heavy (non-hydrogen) atoms. The highest BCUT2D eigenvalue weighted by molar-refractivity contribution is 9.10. The van der Waals surface area contributed by atoms with Crippen molar-refractivity contribution < 1.29 is 13.2 Å². The first-order chi connectivity index (χ1) is 9.77. The maximum Gasteiger partial charge on any atom is 0.257 e.